The van der Waals surface area contributed by atoms with Crippen LogP contribution in [0.2, 0.25) is 0 Å². The molecule has 1 N–H and O–H groups in total. The first-order valence-corrected chi connectivity index (χ1v) is 4.81. The van der Waals surface area contributed by atoms with E-state index in [-0.39, 0.29) is 18.3 Å². The zero-order chi connectivity index (χ0) is 13.6. The van der Waals surface area contributed by atoms with Gasteiger partial charge in [-0.1, -0.05) is 0 Å². The van der Waals surface area contributed by atoms with Crippen molar-refractivity contribution in [3.63, 3.8) is 0 Å². The van der Waals surface area contributed by atoms with E-state index >= 15 is 0 Å². The fraction of sp³-hybridized carbons (Fsp3) is 0.556. The predicted molar refractivity (Wildman–Crippen MR) is 54.0 cm³/mol. The van der Waals surface area contributed by atoms with Crippen LogP contribution in [0.5, 0.6) is 11.8 Å². The van der Waals surface area contributed by atoms with E-state index in [4.69, 9.17) is 9.47 Å². The Morgan fingerprint density at radius 1 is 1.17 bits per heavy atom. The van der Waals surface area contributed by atoms with Crippen molar-refractivity contribution >= 4 is 0 Å². The molecule has 1 rings (SSSR count). The van der Waals surface area contributed by atoms with Gasteiger partial charge in [0.15, 0.2) is 6.61 Å². The molecular weight excluding hydrogens is 255 g/mol. The number of aromatic nitrogens is 2. The van der Waals surface area contributed by atoms with Gasteiger partial charge < -0.3 is 9.47 Å². The van der Waals surface area contributed by atoms with Crippen molar-refractivity contribution in [2.75, 3.05) is 20.8 Å². The van der Waals surface area contributed by atoms with Gasteiger partial charge in [0, 0.05) is 0 Å². The number of alkyl halides is 3. The molecule has 6 nitrogen and oxygen atoms in total. The number of hydrogen-bond donors (Lipinski definition) is 1. The lowest BCUT2D eigenvalue weighted by Crippen LogP contribution is -2.25. The molecule has 0 aromatic carbocycles. The van der Waals surface area contributed by atoms with Crippen LogP contribution >= 0.6 is 0 Å². The van der Waals surface area contributed by atoms with Gasteiger partial charge in [-0.25, -0.2) is 9.97 Å². The van der Waals surface area contributed by atoms with Crippen LogP contribution in [-0.4, -0.2) is 37.0 Å². The highest BCUT2D eigenvalue weighted by Gasteiger charge is 2.27. The number of hydrogen-bond acceptors (Lipinski definition) is 6. The van der Waals surface area contributed by atoms with Gasteiger partial charge in [0.25, 0.3) is 0 Å². The largest absolute Gasteiger partial charge is 0.481 e. The van der Waals surface area contributed by atoms with Gasteiger partial charge in [0.2, 0.25) is 11.8 Å². The van der Waals surface area contributed by atoms with Crippen molar-refractivity contribution in [1.29, 1.82) is 0 Å². The Hall–Kier alpha value is -1.61. The third kappa shape index (κ3) is 4.34. The SMILES string of the molecule is COc1ncnc(OC)c1CNOCC(F)(F)F. The minimum atomic E-state index is -4.39. The number of nitrogens with zero attached hydrogens (tertiary/aromatic N) is 2. The first kappa shape index (κ1) is 14.5. The second-order valence-corrected chi connectivity index (χ2v) is 3.10. The van der Waals surface area contributed by atoms with Gasteiger partial charge in [-0.05, 0) is 0 Å². The van der Waals surface area contributed by atoms with Crippen LogP contribution in [0.1, 0.15) is 5.56 Å². The van der Waals surface area contributed by atoms with Gasteiger partial charge in [0.1, 0.15) is 6.33 Å². The minimum absolute atomic E-state index is 0.0801. The predicted octanol–water partition coefficient (Wildman–Crippen LogP) is 1.08. The molecule has 0 spiro atoms. The number of nitrogens with one attached hydrogen (secondary N) is 1. The highest BCUT2D eigenvalue weighted by molar-refractivity contribution is 5.33. The molecule has 0 radical (unpaired) electrons. The third-order valence-corrected chi connectivity index (χ3v) is 1.84. The molecule has 0 amide bonds. The van der Waals surface area contributed by atoms with E-state index < -0.39 is 12.8 Å². The normalized spacial score (nSPS) is 11.4. The highest BCUT2D eigenvalue weighted by atomic mass is 19.4. The Morgan fingerprint density at radius 2 is 1.72 bits per heavy atom. The van der Waals surface area contributed by atoms with Gasteiger partial charge >= 0.3 is 6.18 Å². The first-order valence-electron chi connectivity index (χ1n) is 4.81. The fourth-order valence-electron chi connectivity index (χ4n) is 1.14. The molecule has 0 unspecified atom stereocenters. The third-order valence-electron chi connectivity index (χ3n) is 1.84. The van der Waals surface area contributed by atoms with Crippen LogP contribution in [0.25, 0.3) is 0 Å². The first-order chi connectivity index (χ1) is 8.48. The molecule has 0 atom stereocenters. The molecule has 0 aliphatic carbocycles. The van der Waals surface area contributed by atoms with Gasteiger partial charge in [-0.3, -0.25) is 4.84 Å². The lowest BCUT2D eigenvalue weighted by molar-refractivity contribution is -0.190. The van der Waals surface area contributed by atoms with Crippen molar-refractivity contribution in [2.24, 2.45) is 0 Å². The standard InChI is InChI=1S/C9H12F3N3O3/c1-16-7-6(8(17-2)14-5-13-7)3-15-18-4-9(10,11)12/h5,15H,3-4H2,1-2H3. The van der Waals surface area contributed by atoms with Gasteiger partial charge in [-0.2, -0.15) is 18.7 Å². The minimum Gasteiger partial charge on any atom is -0.481 e. The van der Waals surface area contributed by atoms with Crippen molar-refractivity contribution < 1.29 is 27.5 Å². The Balaban J connectivity index is 2.60. The summed E-state index contributed by atoms with van der Waals surface area (Å²) in [5, 5.41) is 0. The van der Waals surface area contributed by atoms with Crippen molar-refractivity contribution in [3.8, 4) is 11.8 Å². The molecule has 0 saturated heterocycles. The van der Waals surface area contributed by atoms with Crippen LogP contribution in [0.15, 0.2) is 6.33 Å². The van der Waals surface area contributed by atoms with Crippen LogP contribution in [0.3, 0.4) is 0 Å². The maximum atomic E-state index is 11.8. The number of rotatable bonds is 6. The summed E-state index contributed by atoms with van der Waals surface area (Å²) in [6, 6.07) is 0. The average Bonchev–Trinajstić information content (AvgIpc) is 2.33. The Bertz CT molecular complexity index is 365. The smallest absolute Gasteiger partial charge is 0.413 e. The monoisotopic (exact) mass is 267 g/mol. The molecule has 0 saturated carbocycles. The van der Waals surface area contributed by atoms with Gasteiger partial charge in [-0.15, -0.1) is 0 Å². The molecule has 18 heavy (non-hydrogen) atoms. The molecule has 102 valence electrons. The maximum Gasteiger partial charge on any atom is 0.413 e. The second kappa shape index (κ2) is 6.36. The Labute approximate surface area is 101 Å². The number of methoxy groups -OCH3 is 2. The summed E-state index contributed by atoms with van der Waals surface area (Å²) in [6.07, 6.45) is -3.17. The molecule has 0 aliphatic heterocycles. The summed E-state index contributed by atoms with van der Waals surface area (Å²) < 4.78 is 45.4. The average molecular weight is 267 g/mol. The molecule has 1 aromatic heterocycles. The summed E-state index contributed by atoms with van der Waals surface area (Å²) in [7, 11) is 2.75. The Kier molecular flexibility index (Phi) is 5.10. The zero-order valence-corrected chi connectivity index (χ0v) is 9.74. The second-order valence-electron chi connectivity index (χ2n) is 3.10. The summed E-state index contributed by atoms with van der Waals surface area (Å²) in [5.74, 6) is 0.398. The van der Waals surface area contributed by atoms with E-state index in [0.29, 0.717) is 5.56 Å². The molecule has 9 heteroatoms. The summed E-state index contributed by atoms with van der Waals surface area (Å²) in [4.78, 5) is 11.9. The van der Waals surface area contributed by atoms with E-state index in [1.165, 1.54) is 20.5 Å². The van der Waals surface area contributed by atoms with E-state index in [1.807, 2.05) is 0 Å². The zero-order valence-electron chi connectivity index (χ0n) is 9.74. The highest BCUT2D eigenvalue weighted by Crippen LogP contribution is 2.23. The topological polar surface area (TPSA) is 65.5 Å². The quantitative estimate of drug-likeness (QED) is 0.614. The number of ether oxygens (including phenoxy) is 2. The van der Waals surface area contributed by atoms with Crippen LogP contribution in [0.4, 0.5) is 13.2 Å². The van der Waals surface area contributed by atoms with Crippen LogP contribution in [-0.2, 0) is 11.4 Å². The summed E-state index contributed by atoms with van der Waals surface area (Å²) in [6.45, 7) is -1.48. The fourth-order valence-corrected chi connectivity index (χ4v) is 1.14. The summed E-state index contributed by atoms with van der Waals surface area (Å²) >= 11 is 0. The van der Waals surface area contributed by atoms with E-state index in [1.54, 1.807) is 0 Å². The van der Waals surface area contributed by atoms with E-state index in [2.05, 4.69) is 20.3 Å². The van der Waals surface area contributed by atoms with Crippen molar-refractivity contribution in [3.05, 3.63) is 11.9 Å². The van der Waals surface area contributed by atoms with Crippen molar-refractivity contribution in [1.82, 2.24) is 15.4 Å². The molecule has 1 heterocycles. The lowest BCUT2D eigenvalue weighted by Gasteiger charge is -2.12. The molecule has 0 aliphatic rings. The molecular formula is C9H12F3N3O3. The lowest BCUT2D eigenvalue weighted by atomic mass is 10.3. The molecule has 1 aromatic rings. The summed E-state index contributed by atoms with van der Waals surface area (Å²) in [5.41, 5.74) is 2.51. The van der Waals surface area contributed by atoms with Crippen LogP contribution < -0.4 is 15.0 Å². The number of hydroxylamine groups is 1. The van der Waals surface area contributed by atoms with E-state index in [0.717, 1.165) is 0 Å². The van der Waals surface area contributed by atoms with Crippen LogP contribution in [0, 0.1) is 0 Å². The molecule has 0 bridgehead atoms. The number of halogens is 3. The van der Waals surface area contributed by atoms with E-state index in [9.17, 15) is 13.2 Å². The molecule has 0 fully saturated rings. The van der Waals surface area contributed by atoms with Gasteiger partial charge in [0.05, 0.1) is 26.3 Å². The Morgan fingerprint density at radius 3 is 2.17 bits per heavy atom. The van der Waals surface area contributed by atoms with Crippen molar-refractivity contribution in [2.45, 2.75) is 12.7 Å². The maximum absolute atomic E-state index is 11.8.